The first kappa shape index (κ1) is 55.3. The Morgan fingerprint density at radius 2 is 0.488 bits per heavy atom. The fraction of sp³-hybridized carbons (Fsp3) is 0.750. The van der Waals surface area contributed by atoms with Crippen LogP contribution in [0.3, 0.4) is 0 Å². The third-order valence-electron chi connectivity index (χ3n) is 3.52. The van der Waals surface area contributed by atoms with Gasteiger partial charge in [0, 0.05) is 39.6 Å². The minimum absolute atomic E-state index is 0. The van der Waals surface area contributed by atoms with Crippen molar-refractivity contribution in [3.05, 3.63) is 42.7 Å². The summed E-state index contributed by atoms with van der Waals surface area (Å²) in [6.45, 7) is 0.507. The fourth-order valence-electron chi connectivity index (χ4n) is 1.79. The largest absolute Gasteiger partial charge is 0.553 e. The van der Waals surface area contributed by atoms with Crippen LogP contribution in [0.25, 0.3) is 0 Å². The third-order valence-corrected chi connectivity index (χ3v) is 3.52. The molecular formula is C24H50O16Rf3-6. The molecule has 19 heteroatoms. The van der Waals surface area contributed by atoms with Gasteiger partial charge in [-0.05, 0) is 0 Å². The molecule has 0 spiro atoms. The Kier molecular flexibility index (Phi) is 58.3. The van der Waals surface area contributed by atoms with Gasteiger partial charge in [0.2, 0.25) is 0 Å². The molecule has 0 aliphatic carbocycles. The van der Waals surface area contributed by atoms with Crippen LogP contribution in [0.2, 0.25) is 0 Å². The van der Waals surface area contributed by atoms with E-state index in [9.17, 15) is 0 Å². The average molecular weight is 1400 g/mol. The normalized spacial score (nSPS) is 14.1. The molecule has 8 N–H and O–H groups in total. The zero-order valence-corrected chi connectivity index (χ0v) is 44.4. The molecule has 43 heavy (non-hydrogen) atoms. The van der Waals surface area contributed by atoms with Crippen LogP contribution in [0, 0.1) is 42.7 Å². The van der Waals surface area contributed by atoms with Gasteiger partial charge in [0.05, 0.1) is 76.3 Å². The molecule has 16 nitrogen and oxygen atoms in total. The van der Waals surface area contributed by atoms with Crippen molar-refractivity contribution in [1.82, 2.24) is 0 Å². The first-order chi connectivity index (χ1) is 19.0. The van der Waals surface area contributed by atoms with Gasteiger partial charge in [0.15, 0.2) is 0 Å². The maximum Gasteiger partial charge on any atom is 0.0976 e. The van der Waals surface area contributed by atoms with Gasteiger partial charge in [-0.15, -0.1) is 0 Å². The second kappa shape index (κ2) is 45.4. The summed E-state index contributed by atoms with van der Waals surface area (Å²) in [6.07, 6.45) is -4.43. The topological polar surface area (TPSA) is 236 Å². The van der Waals surface area contributed by atoms with E-state index in [0.29, 0.717) is 0 Å². The summed E-state index contributed by atoms with van der Waals surface area (Å²) >= 11 is 0. The standard InChI is InChI=1S/2C8H16O5.2C4H9O3.3Rf/c2*1-11-3-7(9)5-13-6-8(10)4-12-2;2*1-7-3-4(6)2-5;;;/h2*7-10H,1-6H2;2*4-6H,1-3H2;;;/q2*-2;2*-1;;;. The van der Waals surface area contributed by atoms with E-state index in [1.807, 2.05) is 0 Å². The van der Waals surface area contributed by atoms with Gasteiger partial charge in [0.1, 0.15) is 0 Å². The molecule has 254 valence electrons. The van der Waals surface area contributed by atoms with E-state index in [2.05, 4.69) is 71.1 Å². The zero-order valence-electron chi connectivity index (χ0n) is 25.2. The Morgan fingerprint density at radius 1 is 0.326 bits per heavy atom. The van der Waals surface area contributed by atoms with E-state index in [1.54, 1.807) is 0 Å². The van der Waals surface area contributed by atoms with Crippen molar-refractivity contribution < 1.29 is 78.7 Å². The molecule has 6 unspecified atom stereocenters. The summed E-state index contributed by atoms with van der Waals surface area (Å²) in [5, 5.41) is 69.4. The Labute approximate surface area is 237 Å². The van der Waals surface area contributed by atoms with Crippen LogP contribution in [0.5, 0.6) is 0 Å². The molecule has 0 bridgehead atoms. The maximum absolute atomic E-state index is 9.08. The third kappa shape index (κ3) is 55.0. The first-order valence-corrected chi connectivity index (χ1v) is 11.7. The SMILES string of the molecule is [CH2-]OCC(O)CO.[CH2-]OCC(O)CO.[CH2-]OCC(O)COCC(O)CO[CH2-].[CH2-]OCC(O)COCC(O)CO[CH2-].[Rf].[Rf].[Rf]. The van der Waals surface area contributed by atoms with Crippen molar-refractivity contribution in [3.8, 4) is 0 Å². The van der Waals surface area contributed by atoms with Crippen molar-refractivity contribution in [2.75, 3.05) is 79.3 Å². The average Bonchev–Trinajstić information content (AvgIpc) is 2.90. The molecule has 0 saturated carbocycles. The molecule has 0 aliphatic heterocycles. The molecule has 0 aliphatic rings. The van der Waals surface area contributed by atoms with Gasteiger partial charge in [-0.1, -0.05) is 0 Å². The quantitative estimate of drug-likeness (QED) is 0.0504. The minimum atomic E-state index is -0.780. The van der Waals surface area contributed by atoms with Gasteiger partial charge < -0.3 is 78.7 Å². The number of hydrogen-bond donors (Lipinski definition) is 8. The van der Waals surface area contributed by atoms with E-state index in [4.69, 9.17) is 50.3 Å². The minimum Gasteiger partial charge on any atom is -0.553 e. The van der Waals surface area contributed by atoms with Crippen molar-refractivity contribution >= 4 is 0 Å². The molecule has 0 aromatic carbocycles. The Bertz CT molecular complexity index is 391. The fourth-order valence-corrected chi connectivity index (χ4v) is 1.79. The molecule has 0 rings (SSSR count). The van der Waals surface area contributed by atoms with Gasteiger partial charge in [-0.3, -0.25) is 0 Å². The van der Waals surface area contributed by atoms with Crippen molar-refractivity contribution in [2.24, 2.45) is 0 Å². The molecule has 6 atom stereocenters. The van der Waals surface area contributed by atoms with Crippen molar-refractivity contribution in [3.63, 3.8) is 0 Å². The summed E-state index contributed by atoms with van der Waals surface area (Å²) in [7, 11) is 18.4. The van der Waals surface area contributed by atoms with E-state index < -0.39 is 36.6 Å². The number of rotatable bonds is 22. The van der Waals surface area contributed by atoms with Gasteiger partial charge in [-0.2, -0.15) is 0 Å². The van der Waals surface area contributed by atoms with Crippen molar-refractivity contribution in [1.29, 1.82) is 0 Å². The number of hydrogen-bond acceptors (Lipinski definition) is 16. The monoisotopic (exact) mass is 1400 g/mol. The molecule has 0 fully saturated rings. The van der Waals surface area contributed by atoms with Gasteiger partial charge >= 0.3 is 0 Å². The molecular weight excluding hydrogens is 1350 g/mol. The van der Waals surface area contributed by atoms with Gasteiger partial charge in [-0.25, -0.2) is 42.7 Å². The van der Waals surface area contributed by atoms with Crippen molar-refractivity contribution in [2.45, 2.75) is 36.6 Å². The van der Waals surface area contributed by atoms with E-state index >= 15 is 0 Å². The summed E-state index contributed by atoms with van der Waals surface area (Å²) in [5.41, 5.74) is 0. The van der Waals surface area contributed by atoms with Crippen LogP contribution < -0.4 is 0 Å². The summed E-state index contributed by atoms with van der Waals surface area (Å²) < 4.78 is 36.1. The van der Waals surface area contributed by atoms with Crippen LogP contribution in [-0.2, 0) is 37.9 Å². The number of ether oxygens (including phenoxy) is 8. The second-order valence-corrected chi connectivity index (χ2v) is 7.59. The second-order valence-electron chi connectivity index (χ2n) is 7.59. The van der Waals surface area contributed by atoms with E-state index in [1.165, 1.54) is 0 Å². The van der Waals surface area contributed by atoms with Crippen LogP contribution in [0.15, 0.2) is 0 Å². The van der Waals surface area contributed by atoms with Crippen LogP contribution >= 0.6 is 0 Å². The van der Waals surface area contributed by atoms with E-state index in [0.717, 1.165) is 0 Å². The smallest absolute Gasteiger partial charge is 0.0976 e. The van der Waals surface area contributed by atoms with Crippen LogP contribution in [-0.4, -0.2) is 157 Å². The molecule has 0 saturated heterocycles. The Morgan fingerprint density at radius 3 is 0.605 bits per heavy atom. The molecule has 0 radical (unpaired) electrons. The molecule has 0 heterocycles. The Balaban J connectivity index is -0.0000000816. The molecule has 0 aromatic rings. The predicted molar refractivity (Wildman–Crippen MR) is 140 cm³/mol. The number of aliphatic hydroxyl groups is 8. The number of aliphatic hydroxyl groups excluding tert-OH is 8. The van der Waals surface area contributed by atoms with Gasteiger partial charge in [0.25, 0.3) is 0 Å². The zero-order chi connectivity index (χ0) is 31.6. The molecule has 0 aromatic heterocycles. The summed E-state index contributed by atoms with van der Waals surface area (Å²) in [5.74, 6) is 0. The summed E-state index contributed by atoms with van der Waals surface area (Å²) in [6, 6.07) is 0. The Hall–Kier alpha value is -3.64. The summed E-state index contributed by atoms with van der Waals surface area (Å²) in [4.78, 5) is 0. The molecule has 0 amide bonds. The van der Waals surface area contributed by atoms with Crippen LogP contribution in [0.4, 0.5) is 0 Å². The first-order valence-electron chi connectivity index (χ1n) is 11.7. The van der Waals surface area contributed by atoms with E-state index in [-0.39, 0.29) is 79.3 Å². The maximum atomic E-state index is 9.08. The predicted octanol–water partition coefficient (Wildman–Crippen LogP) is -3.02. The van der Waals surface area contributed by atoms with Crippen LogP contribution in [0.1, 0.15) is 0 Å².